The molecule has 0 amide bonds. The molecule has 0 fully saturated rings. The Bertz CT molecular complexity index is 931. The molecule has 2 nitrogen and oxygen atoms in total. The number of para-hydroxylation sites is 1. The number of nitrogens with zero attached hydrogens (tertiary/aromatic N) is 1. The summed E-state index contributed by atoms with van der Waals surface area (Å²) in [6.07, 6.45) is 7.04. The largest absolute Gasteiger partial charge is 0.455 e. The molecule has 0 aliphatic carbocycles. The first kappa shape index (κ1) is 14.3. The van der Waals surface area contributed by atoms with Crippen LogP contribution < -0.4 is 0 Å². The summed E-state index contributed by atoms with van der Waals surface area (Å²) in [7, 11) is 0. The Balaban J connectivity index is 2.02. The van der Waals surface area contributed by atoms with Gasteiger partial charge in [0.05, 0.1) is 6.04 Å². The summed E-state index contributed by atoms with van der Waals surface area (Å²) < 4.78 is 6.40. The van der Waals surface area contributed by atoms with Gasteiger partial charge in [0.2, 0.25) is 0 Å². The van der Waals surface area contributed by atoms with Gasteiger partial charge in [-0.15, -0.1) is 0 Å². The molecule has 2 aromatic carbocycles. The van der Waals surface area contributed by atoms with E-state index >= 15 is 0 Å². The van der Waals surface area contributed by atoms with Gasteiger partial charge in [-0.25, -0.2) is 0 Å². The van der Waals surface area contributed by atoms with Crippen LogP contribution in [-0.2, 0) is 6.42 Å². The number of rotatable bonds is 3. The fourth-order valence-corrected chi connectivity index (χ4v) is 3.53. The Kier molecular flexibility index (Phi) is 3.33. The molecule has 0 saturated heterocycles. The molecule has 1 unspecified atom stereocenters. The third kappa shape index (κ3) is 2.29. The van der Waals surface area contributed by atoms with Crippen LogP contribution in [0.5, 0.6) is 0 Å². The molecule has 1 aliphatic heterocycles. The first-order valence-corrected chi connectivity index (χ1v) is 8.28. The Morgan fingerprint density at radius 3 is 2.65 bits per heavy atom. The number of benzene rings is 2. The lowest BCUT2D eigenvalue weighted by atomic mass is 9.97. The van der Waals surface area contributed by atoms with Gasteiger partial charge in [0.25, 0.3) is 0 Å². The maximum absolute atomic E-state index is 6.40. The highest BCUT2D eigenvalue weighted by molar-refractivity contribution is 6.07. The van der Waals surface area contributed by atoms with Gasteiger partial charge in [0.1, 0.15) is 11.2 Å². The van der Waals surface area contributed by atoms with Gasteiger partial charge in [-0.1, -0.05) is 50.3 Å². The highest BCUT2D eigenvalue weighted by Crippen LogP contribution is 2.38. The van der Waals surface area contributed by atoms with Crippen LogP contribution in [0.1, 0.15) is 36.6 Å². The minimum absolute atomic E-state index is 0.0767. The van der Waals surface area contributed by atoms with E-state index in [0.29, 0.717) is 5.92 Å². The zero-order valence-corrected chi connectivity index (χ0v) is 13.8. The number of hydrogen-bond donors (Lipinski definition) is 0. The molecule has 3 aromatic rings. The van der Waals surface area contributed by atoms with E-state index in [1.165, 1.54) is 27.5 Å². The Hall–Kier alpha value is -2.35. The summed E-state index contributed by atoms with van der Waals surface area (Å²) >= 11 is 0. The summed E-state index contributed by atoms with van der Waals surface area (Å²) in [6, 6.07) is 10.9. The number of furan rings is 1. The van der Waals surface area contributed by atoms with Gasteiger partial charge in [-0.3, -0.25) is 4.99 Å². The Morgan fingerprint density at radius 2 is 1.91 bits per heavy atom. The van der Waals surface area contributed by atoms with E-state index in [4.69, 9.17) is 4.42 Å². The summed E-state index contributed by atoms with van der Waals surface area (Å²) in [6.45, 7) is 6.63. The van der Waals surface area contributed by atoms with Crippen molar-refractivity contribution in [1.29, 1.82) is 0 Å². The molecule has 116 valence electrons. The molecule has 0 N–H and O–H groups in total. The van der Waals surface area contributed by atoms with Crippen LogP contribution in [0.2, 0.25) is 0 Å². The zero-order chi connectivity index (χ0) is 16.0. The van der Waals surface area contributed by atoms with Crippen molar-refractivity contribution in [2.45, 2.75) is 33.2 Å². The van der Waals surface area contributed by atoms with Crippen molar-refractivity contribution < 1.29 is 4.42 Å². The number of aryl methyl sites for hydroxylation is 1. The Morgan fingerprint density at radius 1 is 1.09 bits per heavy atom. The molecule has 0 radical (unpaired) electrons. The average molecular weight is 303 g/mol. The molecule has 1 aliphatic rings. The fourth-order valence-electron chi connectivity index (χ4n) is 3.53. The SMILES string of the molecule is Cc1ccc2c(oc3c(CC(C)C)cccc32)c1C1C=CC=N1. The first-order valence-electron chi connectivity index (χ1n) is 8.28. The molecular weight excluding hydrogens is 282 g/mol. The summed E-state index contributed by atoms with van der Waals surface area (Å²) in [5.74, 6) is 0.609. The second kappa shape index (κ2) is 5.38. The monoisotopic (exact) mass is 303 g/mol. The van der Waals surface area contributed by atoms with Gasteiger partial charge in [0, 0.05) is 22.6 Å². The smallest absolute Gasteiger partial charge is 0.141 e. The van der Waals surface area contributed by atoms with Crippen molar-refractivity contribution in [3.63, 3.8) is 0 Å². The van der Waals surface area contributed by atoms with E-state index in [1.54, 1.807) is 0 Å². The van der Waals surface area contributed by atoms with Crippen molar-refractivity contribution in [1.82, 2.24) is 0 Å². The highest BCUT2D eigenvalue weighted by Gasteiger charge is 2.20. The summed E-state index contributed by atoms with van der Waals surface area (Å²) in [4.78, 5) is 4.56. The molecular formula is C21H21NO. The van der Waals surface area contributed by atoms with Crippen molar-refractivity contribution in [2.75, 3.05) is 0 Å². The summed E-state index contributed by atoms with van der Waals surface area (Å²) in [5.41, 5.74) is 5.75. The molecule has 23 heavy (non-hydrogen) atoms. The van der Waals surface area contributed by atoms with Crippen LogP contribution in [-0.4, -0.2) is 6.21 Å². The molecule has 2 heterocycles. The van der Waals surface area contributed by atoms with Crippen LogP contribution in [0.4, 0.5) is 0 Å². The quantitative estimate of drug-likeness (QED) is 0.602. The predicted molar refractivity (Wildman–Crippen MR) is 97.4 cm³/mol. The minimum Gasteiger partial charge on any atom is -0.455 e. The van der Waals surface area contributed by atoms with E-state index in [9.17, 15) is 0 Å². The van der Waals surface area contributed by atoms with E-state index < -0.39 is 0 Å². The Labute approximate surface area is 136 Å². The predicted octanol–water partition coefficient (Wildman–Crippen LogP) is 5.77. The van der Waals surface area contributed by atoms with Gasteiger partial charge in [0.15, 0.2) is 0 Å². The molecule has 0 bridgehead atoms. The van der Waals surface area contributed by atoms with Gasteiger partial charge in [-0.2, -0.15) is 0 Å². The lowest BCUT2D eigenvalue weighted by Gasteiger charge is -2.09. The van der Waals surface area contributed by atoms with Crippen molar-refractivity contribution in [3.05, 3.63) is 59.2 Å². The topological polar surface area (TPSA) is 25.5 Å². The average Bonchev–Trinajstić information content (AvgIpc) is 3.14. The van der Waals surface area contributed by atoms with Crippen LogP contribution in [0, 0.1) is 12.8 Å². The van der Waals surface area contributed by atoms with Crippen LogP contribution >= 0.6 is 0 Å². The molecule has 0 spiro atoms. The van der Waals surface area contributed by atoms with E-state index in [1.807, 2.05) is 12.3 Å². The third-order valence-corrected chi connectivity index (χ3v) is 4.56. The third-order valence-electron chi connectivity index (χ3n) is 4.56. The van der Waals surface area contributed by atoms with Gasteiger partial charge < -0.3 is 4.42 Å². The molecule has 4 rings (SSSR count). The van der Waals surface area contributed by atoms with Gasteiger partial charge >= 0.3 is 0 Å². The maximum Gasteiger partial charge on any atom is 0.141 e. The molecule has 1 aromatic heterocycles. The number of hydrogen-bond acceptors (Lipinski definition) is 2. The minimum atomic E-state index is 0.0767. The van der Waals surface area contributed by atoms with Crippen LogP contribution in [0.25, 0.3) is 21.9 Å². The van der Waals surface area contributed by atoms with Crippen molar-refractivity contribution in [3.8, 4) is 0 Å². The number of fused-ring (bicyclic) bond motifs is 3. The van der Waals surface area contributed by atoms with E-state index in [2.05, 4.69) is 62.2 Å². The highest BCUT2D eigenvalue weighted by atomic mass is 16.3. The second-order valence-corrected chi connectivity index (χ2v) is 6.79. The van der Waals surface area contributed by atoms with Crippen molar-refractivity contribution >= 4 is 28.2 Å². The first-order chi connectivity index (χ1) is 11.1. The maximum atomic E-state index is 6.40. The van der Waals surface area contributed by atoms with Crippen LogP contribution in [0.3, 0.4) is 0 Å². The number of aliphatic imine (C=N–C) groups is 1. The molecule has 0 saturated carbocycles. The van der Waals surface area contributed by atoms with Gasteiger partial charge in [-0.05, 0) is 36.5 Å². The number of allylic oxidation sites excluding steroid dienone is 1. The molecule has 1 atom stereocenters. The van der Waals surface area contributed by atoms with E-state index in [0.717, 1.165) is 17.6 Å². The molecule has 2 heteroatoms. The fraction of sp³-hybridized carbons (Fsp3) is 0.286. The lowest BCUT2D eigenvalue weighted by Crippen LogP contribution is -1.94. The van der Waals surface area contributed by atoms with Crippen molar-refractivity contribution in [2.24, 2.45) is 10.9 Å². The lowest BCUT2D eigenvalue weighted by molar-refractivity contribution is 0.620. The summed E-state index contributed by atoms with van der Waals surface area (Å²) in [5, 5.41) is 2.41. The second-order valence-electron chi connectivity index (χ2n) is 6.79. The van der Waals surface area contributed by atoms with E-state index in [-0.39, 0.29) is 6.04 Å². The standard InChI is InChI=1S/C21H21NO/c1-13(2)12-15-6-4-7-16-17-10-9-14(3)19(18-8-5-11-22-18)21(17)23-20(15)16/h4-11,13,18H,12H2,1-3H3. The normalized spacial score (nSPS) is 17.1. The van der Waals surface area contributed by atoms with Crippen LogP contribution in [0.15, 0.2) is 51.9 Å². The zero-order valence-electron chi connectivity index (χ0n) is 13.8.